The lowest BCUT2D eigenvalue weighted by Crippen LogP contribution is -2.31. The van der Waals surface area contributed by atoms with Crippen LogP contribution in [-0.4, -0.2) is 21.7 Å². The molecule has 0 N–H and O–H groups in total. The van der Waals surface area contributed by atoms with E-state index in [4.69, 9.17) is 23.2 Å². The molecule has 0 unspecified atom stereocenters. The highest BCUT2D eigenvalue weighted by molar-refractivity contribution is 8.03. The van der Waals surface area contributed by atoms with Crippen LogP contribution in [0.3, 0.4) is 0 Å². The van der Waals surface area contributed by atoms with Crippen molar-refractivity contribution < 1.29 is 9.59 Å². The molecule has 0 atom stereocenters. The molecule has 0 bridgehead atoms. The molecule has 1 aliphatic heterocycles. The smallest absolute Gasteiger partial charge is 0.268 e. The second-order valence-electron chi connectivity index (χ2n) is 6.66. The van der Waals surface area contributed by atoms with E-state index in [0.717, 1.165) is 11.1 Å². The Kier molecular flexibility index (Phi) is 6.23. The van der Waals surface area contributed by atoms with E-state index >= 15 is 0 Å². The van der Waals surface area contributed by atoms with E-state index in [1.165, 1.54) is 16.7 Å². The van der Waals surface area contributed by atoms with Crippen LogP contribution in [0.2, 0.25) is 10.0 Å². The van der Waals surface area contributed by atoms with Gasteiger partial charge in [0.25, 0.3) is 11.8 Å². The number of amides is 2. The maximum atomic E-state index is 13.3. The fourth-order valence-electron chi connectivity index (χ4n) is 3.17. The zero-order valence-electron chi connectivity index (χ0n) is 15.7. The molecule has 0 spiro atoms. The van der Waals surface area contributed by atoms with Gasteiger partial charge in [0.1, 0.15) is 0 Å². The van der Waals surface area contributed by atoms with E-state index in [1.54, 1.807) is 36.7 Å². The largest absolute Gasteiger partial charge is 0.269 e. The van der Waals surface area contributed by atoms with Crippen molar-refractivity contribution in [3.05, 3.63) is 105 Å². The van der Waals surface area contributed by atoms with Crippen LogP contribution in [0.15, 0.2) is 78.0 Å². The summed E-state index contributed by atoms with van der Waals surface area (Å²) < 4.78 is 0. The Labute approximate surface area is 188 Å². The van der Waals surface area contributed by atoms with Crippen LogP contribution in [0.5, 0.6) is 0 Å². The van der Waals surface area contributed by atoms with Crippen LogP contribution >= 0.6 is 35.0 Å². The molecule has 4 nitrogen and oxygen atoms in total. The van der Waals surface area contributed by atoms with E-state index in [9.17, 15) is 9.59 Å². The topological polar surface area (TPSA) is 50.3 Å². The minimum atomic E-state index is -0.372. The Morgan fingerprint density at radius 2 is 1.67 bits per heavy atom. The van der Waals surface area contributed by atoms with Gasteiger partial charge in [-0.3, -0.25) is 19.5 Å². The maximum Gasteiger partial charge on any atom is 0.268 e. The molecule has 150 valence electrons. The standard InChI is InChI=1S/C23H16Cl2N2O2S/c24-17-8-9-18(19(25)11-17)20-21(30-14-15-5-2-1-3-6-15)23(29)27(22(20)28)13-16-7-4-10-26-12-16/h1-12H,13-14H2. The Morgan fingerprint density at radius 1 is 0.900 bits per heavy atom. The number of benzene rings is 2. The number of rotatable bonds is 6. The van der Waals surface area contributed by atoms with Gasteiger partial charge in [-0.15, -0.1) is 11.8 Å². The average molecular weight is 455 g/mol. The molecule has 7 heteroatoms. The normalized spacial score (nSPS) is 14.0. The zero-order valence-corrected chi connectivity index (χ0v) is 18.0. The molecule has 0 fully saturated rings. The van der Waals surface area contributed by atoms with Crippen molar-refractivity contribution in [3.63, 3.8) is 0 Å². The van der Waals surface area contributed by atoms with Crippen molar-refractivity contribution in [2.45, 2.75) is 12.3 Å². The minimum absolute atomic E-state index is 0.148. The van der Waals surface area contributed by atoms with Crippen LogP contribution < -0.4 is 0 Å². The number of hydrogen-bond donors (Lipinski definition) is 0. The van der Waals surface area contributed by atoms with Crippen LogP contribution in [0, 0.1) is 0 Å². The summed E-state index contributed by atoms with van der Waals surface area (Å²) >= 11 is 13.8. The van der Waals surface area contributed by atoms with Crippen molar-refractivity contribution in [2.75, 3.05) is 0 Å². The van der Waals surface area contributed by atoms with Crippen molar-refractivity contribution in [1.29, 1.82) is 0 Å². The first-order chi connectivity index (χ1) is 14.5. The molecule has 1 aromatic heterocycles. The molecule has 2 aromatic carbocycles. The lowest BCUT2D eigenvalue weighted by Gasteiger charge is -2.15. The summed E-state index contributed by atoms with van der Waals surface area (Å²) in [5.74, 6) is -0.139. The number of aromatic nitrogens is 1. The first kappa shape index (κ1) is 20.7. The van der Waals surface area contributed by atoms with Gasteiger partial charge in [-0.2, -0.15) is 0 Å². The first-order valence-corrected chi connectivity index (χ1v) is 10.9. The predicted molar refractivity (Wildman–Crippen MR) is 121 cm³/mol. The SMILES string of the molecule is O=C1C(SCc2ccccc2)=C(c2ccc(Cl)cc2Cl)C(=O)N1Cc1cccnc1. The summed E-state index contributed by atoms with van der Waals surface area (Å²) in [6.07, 6.45) is 3.29. The van der Waals surface area contributed by atoms with E-state index in [2.05, 4.69) is 4.98 Å². The van der Waals surface area contributed by atoms with Gasteiger partial charge in [0.2, 0.25) is 0 Å². The van der Waals surface area contributed by atoms with E-state index in [1.807, 2.05) is 36.4 Å². The highest BCUT2D eigenvalue weighted by Crippen LogP contribution is 2.40. The fraction of sp³-hybridized carbons (Fsp3) is 0.0870. The predicted octanol–water partition coefficient (Wildman–Crippen LogP) is 5.60. The fourth-order valence-corrected chi connectivity index (χ4v) is 4.75. The Bertz CT molecular complexity index is 1130. The Balaban J connectivity index is 1.71. The number of hydrogen-bond acceptors (Lipinski definition) is 4. The molecule has 2 amide bonds. The van der Waals surface area contributed by atoms with Crippen molar-refractivity contribution >= 4 is 52.4 Å². The number of nitrogens with zero attached hydrogens (tertiary/aromatic N) is 2. The number of carbonyl (C=O) groups is 2. The minimum Gasteiger partial charge on any atom is -0.269 e. The van der Waals surface area contributed by atoms with Gasteiger partial charge in [0.05, 0.1) is 22.0 Å². The molecule has 1 aliphatic rings. The van der Waals surface area contributed by atoms with Gasteiger partial charge < -0.3 is 0 Å². The van der Waals surface area contributed by atoms with Gasteiger partial charge in [0, 0.05) is 28.7 Å². The summed E-state index contributed by atoms with van der Waals surface area (Å²) in [5.41, 5.74) is 2.65. The number of pyridine rings is 1. The van der Waals surface area contributed by atoms with Crippen molar-refractivity contribution in [2.24, 2.45) is 0 Å². The van der Waals surface area contributed by atoms with Gasteiger partial charge >= 0.3 is 0 Å². The molecule has 0 saturated carbocycles. The third-order valence-electron chi connectivity index (χ3n) is 4.62. The van der Waals surface area contributed by atoms with Gasteiger partial charge in [-0.25, -0.2) is 0 Å². The molecule has 2 heterocycles. The van der Waals surface area contributed by atoms with E-state index in [-0.39, 0.29) is 18.4 Å². The molecule has 3 aromatic rings. The Hall–Kier alpha value is -2.60. The molecular weight excluding hydrogens is 439 g/mol. The van der Waals surface area contributed by atoms with Crippen LogP contribution in [0.1, 0.15) is 16.7 Å². The van der Waals surface area contributed by atoms with Gasteiger partial charge in [-0.1, -0.05) is 65.7 Å². The summed E-state index contributed by atoms with van der Waals surface area (Å²) in [7, 11) is 0. The molecule has 0 radical (unpaired) electrons. The quantitative estimate of drug-likeness (QED) is 0.454. The van der Waals surface area contributed by atoms with Crippen LogP contribution in [0.25, 0.3) is 5.57 Å². The molecule has 0 saturated heterocycles. The molecule has 4 rings (SSSR count). The second-order valence-corrected chi connectivity index (χ2v) is 8.49. The first-order valence-electron chi connectivity index (χ1n) is 9.16. The monoisotopic (exact) mass is 454 g/mol. The highest BCUT2D eigenvalue weighted by Gasteiger charge is 2.39. The third kappa shape index (κ3) is 4.29. The number of carbonyl (C=O) groups excluding carboxylic acids is 2. The summed E-state index contributed by atoms with van der Waals surface area (Å²) in [4.78, 5) is 32.2. The van der Waals surface area contributed by atoms with Crippen LogP contribution in [0.4, 0.5) is 0 Å². The van der Waals surface area contributed by atoms with Gasteiger partial charge in [-0.05, 0) is 29.3 Å². The van der Waals surface area contributed by atoms with E-state index in [0.29, 0.717) is 31.8 Å². The number of thioether (sulfide) groups is 1. The van der Waals surface area contributed by atoms with Crippen molar-refractivity contribution in [1.82, 2.24) is 9.88 Å². The van der Waals surface area contributed by atoms with Crippen LogP contribution in [-0.2, 0) is 21.9 Å². The summed E-state index contributed by atoms with van der Waals surface area (Å²) in [5, 5.41) is 0.798. The molecule has 0 aliphatic carbocycles. The molecule has 30 heavy (non-hydrogen) atoms. The second kappa shape index (κ2) is 9.04. The molecular formula is C23H16Cl2N2O2S. The zero-order chi connectivity index (χ0) is 21.1. The maximum absolute atomic E-state index is 13.3. The Morgan fingerprint density at radius 3 is 2.37 bits per heavy atom. The summed E-state index contributed by atoms with van der Waals surface area (Å²) in [6, 6.07) is 18.3. The lowest BCUT2D eigenvalue weighted by atomic mass is 10.1. The van der Waals surface area contributed by atoms with E-state index < -0.39 is 0 Å². The highest BCUT2D eigenvalue weighted by atomic mass is 35.5. The number of halogens is 2. The summed E-state index contributed by atoms with van der Waals surface area (Å²) in [6.45, 7) is 0.148. The van der Waals surface area contributed by atoms with Gasteiger partial charge in [0.15, 0.2) is 0 Å². The van der Waals surface area contributed by atoms with Crippen molar-refractivity contribution in [3.8, 4) is 0 Å². The number of imide groups is 1. The third-order valence-corrected chi connectivity index (χ3v) is 6.31. The average Bonchev–Trinajstić information content (AvgIpc) is 2.98. The lowest BCUT2D eigenvalue weighted by molar-refractivity contribution is -0.137.